The Morgan fingerprint density at radius 3 is 1.47 bits per heavy atom. The van der Waals surface area contributed by atoms with Crippen LogP contribution in [-0.2, 0) is 0 Å². The van der Waals surface area contributed by atoms with Crippen molar-refractivity contribution in [3.05, 3.63) is 35.4 Å². The summed E-state index contributed by atoms with van der Waals surface area (Å²) in [7, 11) is 0. The number of hydrogen-bond acceptors (Lipinski definition) is 2. The summed E-state index contributed by atoms with van der Waals surface area (Å²) in [5, 5.41) is 2.20. The zero-order valence-corrected chi connectivity index (χ0v) is 9.63. The van der Waals surface area contributed by atoms with Crippen molar-refractivity contribution in [2.24, 2.45) is 0 Å². The van der Waals surface area contributed by atoms with Gasteiger partial charge in [-0.3, -0.25) is 14.9 Å². The predicted molar refractivity (Wildman–Crippen MR) is 60.9 cm³/mol. The van der Waals surface area contributed by atoms with Gasteiger partial charge in [0.25, 0.3) is 11.8 Å². The molecule has 15 heavy (non-hydrogen) atoms. The molecule has 0 unspecified atom stereocenters. The number of carbonyl (C=O) groups excluding carboxylic acids is 2. The SMILES string of the molecule is CC.CC.O=C1NC(=O)c2ccccc21. The Morgan fingerprint density at radius 1 is 0.800 bits per heavy atom. The summed E-state index contributed by atoms with van der Waals surface area (Å²) < 4.78 is 0. The van der Waals surface area contributed by atoms with E-state index in [9.17, 15) is 9.59 Å². The van der Waals surface area contributed by atoms with Gasteiger partial charge in [-0.1, -0.05) is 39.8 Å². The molecule has 1 aliphatic heterocycles. The van der Waals surface area contributed by atoms with Crippen LogP contribution >= 0.6 is 0 Å². The lowest BCUT2D eigenvalue weighted by Crippen LogP contribution is -2.19. The van der Waals surface area contributed by atoms with E-state index in [1.165, 1.54) is 0 Å². The third-order valence-electron chi connectivity index (χ3n) is 1.64. The van der Waals surface area contributed by atoms with Gasteiger partial charge in [-0.25, -0.2) is 0 Å². The number of nitrogens with one attached hydrogen (secondary N) is 1. The van der Waals surface area contributed by atoms with E-state index in [0.717, 1.165) is 0 Å². The number of carbonyl (C=O) groups is 2. The zero-order valence-electron chi connectivity index (χ0n) is 9.63. The highest BCUT2D eigenvalue weighted by molar-refractivity contribution is 6.21. The Hall–Kier alpha value is -1.64. The number of rotatable bonds is 0. The zero-order chi connectivity index (χ0) is 11.8. The van der Waals surface area contributed by atoms with E-state index in [2.05, 4.69) is 5.32 Å². The molecule has 1 aliphatic rings. The van der Waals surface area contributed by atoms with E-state index in [-0.39, 0.29) is 11.8 Å². The number of hydrogen-bond donors (Lipinski definition) is 1. The second kappa shape index (κ2) is 6.76. The first kappa shape index (κ1) is 13.4. The average Bonchev–Trinajstić information content (AvgIpc) is 2.61. The summed E-state index contributed by atoms with van der Waals surface area (Å²) >= 11 is 0. The lowest BCUT2D eigenvalue weighted by atomic mass is 10.1. The minimum absolute atomic E-state index is 0.300. The summed E-state index contributed by atoms with van der Waals surface area (Å²) in [5.41, 5.74) is 0.940. The van der Waals surface area contributed by atoms with Gasteiger partial charge in [0.2, 0.25) is 0 Å². The second-order valence-corrected chi connectivity index (χ2v) is 2.33. The molecule has 1 aromatic carbocycles. The van der Waals surface area contributed by atoms with Gasteiger partial charge in [-0.05, 0) is 12.1 Å². The fraction of sp³-hybridized carbons (Fsp3) is 0.333. The first-order chi connectivity index (χ1) is 7.29. The van der Waals surface area contributed by atoms with E-state index < -0.39 is 0 Å². The van der Waals surface area contributed by atoms with Gasteiger partial charge in [0.15, 0.2) is 0 Å². The molecule has 1 heterocycles. The molecule has 0 spiro atoms. The third-order valence-corrected chi connectivity index (χ3v) is 1.64. The van der Waals surface area contributed by atoms with Crippen LogP contribution in [0.4, 0.5) is 0 Å². The van der Waals surface area contributed by atoms with Crippen LogP contribution in [0.5, 0.6) is 0 Å². The van der Waals surface area contributed by atoms with Crippen molar-refractivity contribution < 1.29 is 9.59 Å². The minimum atomic E-state index is -0.300. The van der Waals surface area contributed by atoms with Crippen molar-refractivity contribution in [3.63, 3.8) is 0 Å². The fourth-order valence-electron chi connectivity index (χ4n) is 1.12. The van der Waals surface area contributed by atoms with Gasteiger partial charge < -0.3 is 0 Å². The van der Waals surface area contributed by atoms with Gasteiger partial charge in [0.1, 0.15) is 0 Å². The third kappa shape index (κ3) is 2.91. The molecule has 0 saturated carbocycles. The van der Waals surface area contributed by atoms with Crippen molar-refractivity contribution in [3.8, 4) is 0 Å². The smallest absolute Gasteiger partial charge is 0.258 e. The van der Waals surface area contributed by atoms with Crippen molar-refractivity contribution in [2.45, 2.75) is 27.7 Å². The second-order valence-electron chi connectivity index (χ2n) is 2.33. The fourth-order valence-corrected chi connectivity index (χ4v) is 1.12. The van der Waals surface area contributed by atoms with Crippen LogP contribution in [0.1, 0.15) is 48.4 Å². The Balaban J connectivity index is 0.000000442. The van der Waals surface area contributed by atoms with E-state index in [1.807, 2.05) is 27.7 Å². The number of benzene rings is 1. The highest BCUT2D eigenvalue weighted by Gasteiger charge is 2.25. The Bertz CT molecular complexity index is 312. The lowest BCUT2D eigenvalue weighted by molar-refractivity contribution is 0.0879. The Morgan fingerprint density at radius 2 is 1.13 bits per heavy atom. The first-order valence-electron chi connectivity index (χ1n) is 5.24. The maximum Gasteiger partial charge on any atom is 0.258 e. The number of fused-ring (bicyclic) bond motifs is 1. The van der Waals surface area contributed by atoms with Crippen LogP contribution in [0.3, 0.4) is 0 Å². The van der Waals surface area contributed by atoms with Gasteiger partial charge >= 0.3 is 0 Å². The number of amides is 2. The average molecular weight is 207 g/mol. The van der Waals surface area contributed by atoms with Crippen LogP contribution in [0.2, 0.25) is 0 Å². The number of imide groups is 1. The summed E-state index contributed by atoms with van der Waals surface area (Å²) in [4.78, 5) is 21.9. The van der Waals surface area contributed by atoms with Crippen molar-refractivity contribution in [2.75, 3.05) is 0 Å². The molecule has 3 nitrogen and oxygen atoms in total. The molecule has 2 rings (SSSR count). The Kier molecular flexibility index (Phi) is 6.02. The van der Waals surface area contributed by atoms with E-state index in [0.29, 0.717) is 11.1 Å². The maximum atomic E-state index is 10.9. The topological polar surface area (TPSA) is 46.2 Å². The first-order valence-corrected chi connectivity index (χ1v) is 5.24. The predicted octanol–water partition coefficient (Wildman–Crippen LogP) is 2.62. The molecule has 0 radical (unpaired) electrons. The van der Waals surface area contributed by atoms with Gasteiger partial charge in [0, 0.05) is 0 Å². The standard InChI is InChI=1S/C8H5NO2.2C2H6/c10-7-5-3-1-2-4-6(5)8(11)9-7;2*1-2/h1-4H,(H,9,10,11);2*1-2H3. The molecule has 0 aromatic heterocycles. The highest BCUT2D eigenvalue weighted by atomic mass is 16.2. The van der Waals surface area contributed by atoms with Gasteiger partial charge in [-0.15, -0.1) is 0 Å². The van der Waals surface area contributed by atoms with E-state index in [4.69, 9.17) is 0 Å². The van der Waals surface area contributed by atoms with Gasteiger partial charge in [-0.2, -0.15) is 0 Å². The summed E-state index contributed by atoms with van der Waals surface area (Å²) in [6.45, 7) is 8.00. The lowest BCUT2D eigenvalue weighted by Gasteiger charge is -1.88. The molecule has 0 fully saturated rings. The molecular formula is C12H17NO2. The van der Waals surface area contributed by atoms with Crippen LogP contribution in [0.25, 0.3) is 0 Å². The highest BCUT2D eigenvalue weighted by Crippen LogP contribution is 2.13. The largest absolute Gasteiger partial charge is 0.288 e. The molecule has 0 saturated heterocycles. The van der Waals surface area contributed by atoms with Crippen LogP contribution in [-0.4, -0.2) is 11.8 Å². The molecule has 82 valence electrons. The normalized spacial score (nSPS) is 11.5. The molecular weight excluding hydrogens is 190 g/mol. The Labute approximate surface area is 90.5 Å². The van der Waals surface area contributed by atoms with E-state index >= 15 is 0 Å². The van der Waals surface area contributed by atoms with Crippen LogP contribution in [0, 0.1) is 0 Å². The molecule has 1 N–H and O–H groups in total. The van der Waals surface area contributed by atoms with Crippen LogP contribution < -0.4 is 5.32 Å². The van der Waals surface area contributed by atoms with E-state index in [1.54, 1.807) is 24.3 Å². The van der Waals surface area contributed by atoms with Crippen molar-refractivity contribution in [1.82, 2.24) is 5.32 Å². The minimum Gasteiger partial charge on any atom is -0.288 e. The molecule has 0 bridgehead atoms. The quantitative estimate of drug-likeness (QED) is 0.665. The van der Waals surface area contributed by atoms with Gasteiger partial charge in [0.05, 0.1) is 11.1 Å². The van der Waals surface area contributed by atoms with Crippen molar-refractivity contribution in [1.29, 1.82) is 0 Å². The summed E-state index contributed by atoms with van der Waals surface area (Å²) in [6, 6.07) is 6.74. The molecule has 0 atom stereocenters. The molecule has 1 aromatic rings. The maximum absolute atomic E-state index is 10.9. The molecule has 2 amide bonds. The van der Waals surface area contributed by atoms with Crippen molar-refractivity contribution >= 4 is 11.8 Å². The summed E-state index contributed by atoms with van der Waals surface area (Å²) in [6.07, 6.45) is 0. The summed E-state index contributed by atoms with van der Waals surface area (Å²) in [5.74, 6) is -0.601. The van der Waals surface area contributed by atoms with Crippen LogP contribution in [0.15, 0.2) is 24.3 Å². The monoisotopic (exact) mass is 207 g/mol. The molecule has 0 aliphatic carbocycles. The molecule has 3 heteroatoms.